The molecule has 2 rings (SSSR count). The fraction of sp³-hybridized carbons (Fsp3) is 0.600. The molecule has 0 spiro atoms. The Morgan fingerprint density at radius 1 is 1.29 bits per heavy atom. The molecule has 0 bridgehead atoms. The molecule has 2 nitrogen and oxygen atoms in total. The average molecular weight is 232 g/mol. The zero-order chi connectivity index (χ0) is 12.3. The van der Waals surface area contributed by atoms with Gasteiger partial charge in [-0.15, -0.1) is 0 Å². The highest BCUT2D eigenvalue weighted by molar-refractivity contribution is 5.53. The summed E-state index contributed by atoms with van der Waals surface area (Å²) in [4.78, 5) is 2.39. The maximum atomic E-state index is 3.61. The second-order valence-electron chi connectivity index (χ2n) is 5.32. The van der Waals surface area contributed by atoms with Crippen LogP contribution in [0.1, 0.15) is 30.4 Å². The molecule has 1 N–H and O–H groups in total. The van der Waals surface area contributed by atoms with Crippen molar-refractivity contribution >= 4 is 5.69 Å². The van der Waals surface area contributed by atoms with Gasteiger partial charge in [0.2, 0.25) is 0 Å². The first kappa shape index (κ1) is 12.4. The van der Waals surface area contributed by atoms with Crippen molar-refractivity contribution in [2.75, 3.05) is 25.0 Å². The van der Waals surface area contributed by atoms with Crippen molar-refractivity contribution in [1.29, 1.82) is 0 Å². The molecule has 1 aliphatic heterocycles. The topological polar surface area (TPSA) is 15.3 Å². The summed E-state index contributed by atoms with van der Waals surface area (Å²) in [5.74, 6) is 0. The first-order valence-corrected chi connectivity index (χ1v) is 6.68. The highest BCUT2D eigenvalue weighted by atomic mass is 15.1. The summed E-state index contributed by atoms with van der Waals surface area (Å²) < 4.78 is 0. The van der Waals surface area contributed by atoms with Crippen LogP contribution in [0.5, 0.6) is 0 Å². The molecule has 17 heavy (non-hydrogen) atoms. The lowest BCUT2D eigenvalue weighted by Crippen LogP contribution is -2.42. The van der Waals surface area contributed by atoms with Gasteiger partial charge < -0.3 is 10.2 Å². The lowest BCUT2D eigenvalue weighted by molar-refractivity contribution is 0.403. The molecule has 1 aromatic carbocycles. The summed E-state index contributed by atoms with van der Waals surface area (Å²) in [5, 5.41) is 3.61. The second kappa shape index (κ2) is 5.54. The van der Waals surface area contributed by atoms with E-state index in [0.29, 0.717) is 6.04 Å². The summed E-state index contributed by atoms with van der Waals surface area (Å²) >= 11 is 0. The van der Waals surface area contributed by atoms with E-state index >= 15 is 0 Å². The minimum atomic E-state index is 0.662. The third-order valence-electron chi connectivity index (χ3n) is 3.67. The van der Waals surface area contributed by atoms with Gasteiger partial charge in [0.05, 0.1) is 0 Å². The minimum absolute atomic E-state index is 0.662. The molecule has 1 saturated heterocycles. The van der Waals surface area contributed by atoms with Gasteiger partial charge in [-0.1, -0.05) is 24.1 Å². The van der Waals surface area contributed by atoms with Crippen LogP contribution in [-0.4, -0.2) is 26.2 Å². The van der Waals surface area contributed by atoms with E-state index in [0.717, 1.165) is 6.54 Å². The molecule has 94 valence electrons. The number of hydrogen-bond acceptors (Lipinski definition) is 2. The van der Waals surface area contributed by atoms with Crippen LogP contribution < -0.4 is 10.2 Å². The highest BCUT2D eigenvalue weighted by Gasteiger charge is 2.15. The van der Waals surface area contributed by atoms with Gasteiger partial charge in [-0.05, 0) is 44.9 Å². The number of benzene rings is 1. The predicted octanol–water partition coefficient (Wildman–Crippen LogP) is 2.88. The van der Waals surface area contributed by atoms with Crippen LogP contribution in [0.3, 0.4) is 0 Å². The van der Waals surface area contributed by atoms with E-state index in [9.17, 15) is 0 Å². The van der Waals surface area contributed by atoms with Crippen LogP contribution in [0.4, 0.5) is 5.69 Å². The molecule has 1 aliphatic rings. The molecule has 1 aromatic rings. The van der Waals surface area contributed by atoms with E-state index in [1.54, 1.807) is 0 Å². The van der Waals surface area contributed by atoms with Gasteiger partial charge in [0.15, 0.2) is 0 Å². The summed E-state index contributed by atoms with van der Waals surface area (Å²) in [6.45, 7) is 6.65. The van der Waals surface area contributed by atoms with Crippen LogP contribution in [0, 0.1) is 13.8 Å². The summed E-state index contributed by atoms with van der Waals surface area (Å²) in [6.07, 6.45) is 4.03. The van der Waals surface area contributed by atoms with E-state index in [1.807, 2.05) is 0 Å². The monoisotopic (exact) mass is 232 g/mol. The average Bonchev–Trinajstić information content (AvgIpc) is 2.30. The maximum absolute atomic E-state index is 3.61. The highest BCUT2D eigenvalue weighted by Crippen LogP contribution is 2.21. The summed E-state index contributed by atoms with van der Waals surface area (Å²) in [6, 6.07) is 7.37. The molecule has 1 heterocycles. The molecule has 0 radical (unpaired) electrons. The van der Waals surface area contributed by atoms with Crippen molar-refractivity contribution in [1.82, 2.24) is 5.32 Å². The van der Waals surface area contributed by atoms with Gasteiger partial charge in [0, 0.05) is 25.3 Å². The zero-order valence-electron chi connectivity index (χ0n) is 11.3. The van der Waals surface area contributed by atoms with Gasteiger partial charge in [-0.2, -0.15) is 0 Å². The number of rotatable bonds is 3. The van der Waals surface area contributed by atoms with E-state index in [4.69, 9.17) is 0 Å². The number of hydrogen-bond donors (Lipinski definition) is 1. The maximum Gasteiger partial charge on any atom is 0.0394 e. The number of anilines is 1. The van der Waals surface area contributed by atoms with Crippen LogP contribution in [-0.2, 0) is 0 Å². The quantitative estimate of drug-likeness (QED) is 0.862. The molecule has 0 saturated carbocycles. The third-order valence-corrected chi connectivity index (χ3v) is 3.67. The summed E-state index contributed by atoms with van der Waals surface area (Å²) in [5.41, 5.74) is 4.08. The summed E-state index contributed by atoms with van der Waals surface area (Å²) in [7, 11) is 2.20. The molecule has 1 atom stereocenters. The Hall–Kier alpha value is -1.02. The van der Waals surface area contributed by atoms with Gasteiger partial charge in [-0.25, -0.2) is 0 Å². The lowest BCUT2D eigenvalue weighted by atomic mass is 10.0. The molecule has 0 amide bonds. The number of piperidine rings is 1. The van der Waals surface area contributed by atoms with Gasteiger partial charge in [-0.3, -0.25) is 0 Å². The number of likely N-dealkylation sites (N-methyl/N-ethyl adjacent to an activating group) is 1. The Balaban J connectivity index is 2.00. The van der Waals surface area contributed by atoms with Crippen LogP contribution in [0.15, 0.2) is 18.2 Å². The van der Waals surface area contributed by atoms with Crippen molar-refractivity contribution in [3.8, 4) is 0 Å². The van der Waals surface area contributed by atoms with Crippen molar-refractivity contribution in [3.63, 3.8) is 0 Å². The van der Waals surface area contributed by atoms with E-state index in [-0.39, 0.29) is 0 Å². The Morgan fingerprint density at radius 3 is 2.76 bits per heavy atom. The third kappa shape index (κ3) is 3.22. The standard InChI is InChI=1S/C15H24N2/c1-12-7-8-15(13(2)10-12)17(3)11-14-6-4-5-9-16-14/h7-8,10,14,16H,4-6,9,11H2,1-3H3. The Labute approximate surface area is 105 Å². The fourth-order valence-electron chi connectivity index (χ4n) is 2.74. The minimum Gasteiger partial charge on any atom is -0.373 e. The number of aryl methyl sites for hydroxylation is 2. The lowest BCUT2D eigenvalue weighted by Gasteiger charge is -2.30. The molecule has 1 unspecified atom stereocenters. The van der Waals surface area contributed by atoms with Crippen LogP contribution in [0.2, 0.25) is 0 Å². The van der Waals surface area contributed by atoms with E-state index in [1.165, 1.54) is 42.6 Å². The number of nitrogens with zero attached hydrogens (tertiary/aromatic N) is 1. The van der Waals surface area contributed by atoms with Gasteiger partial charge in [0.25, 0.3) is 0 Å². The molecular weight excluding hydrogens is 208 g/mol. The van der Waals surface area contributed by atoms with Crippen molar-refractivity contribution in [3.05, 3.63) is 29.3 Å². The Morgan fingerprint density at radius 2 is 2.12 bits per heavy atom. The molecule has 0 aliphatic carbocycles. The predicted molar refractivity (Wildman–Crippen MR) is 74.8 cm³/mol. The second-order valence-corrected chi connectivity index (χ2v) is 5.32. The smallest absolute Gasteiger partial charge is 0.0394 e. The van der Waals surface area contributed by atoms with Crippen molar-refractivity contribution in [2.24, 2.45) is 0 Å². The first-order chi connectivity index (χ1) is 8.16. The molecule has 2 heteroatoms. The van der Waals surface area contributed by atoms with Gasteiger partial charge >= 0.3 is 0 Å². The largest absolute Gasteiger partial charge is 0.373 e. The van der Waals surface area contributed by atoms with Gasteiger partial charge in [0.1, 0.15) is 0 Å². The van der Waals surface area contributed by atoms with E-state index in [2.05, 4.69) is 49.3 Å². The zero-order valence-corrected chi connectivity index (χ0v) is 11.3. The number of nitrogens with one attached hydrogen (secondary N) is 1. The SMILES string of the molecule is Cc1ccc(N(C)CC2CCCCN2)c(C)c1. The first-order valence-electron chi connectivity index (χ1n) is 6.68. The van der Waals surface area contributed by atoms with Crippen LogP contribution in [0.25, 0.3) is 0 Å². The molecule has 1 fully saturated rings. The Kier molecular flexibility index (Phi) is 4.06. The molecular formula is C15H24N2. The normalized spacial score (nSPS) is 20.3. The van der Waals surface area contributed by atoms with Crippen LogP contribution >= 0.6 is 0 Å². The van der Waals surface area contributed by atoms with Crippen molar-refractivity contribution < 1.29 is 0 Å². The van der Waals surface area contributed by atoms with E-state index < -0.39 is 0 Å². The van der Waals surface area contributed by atoms with Crippen molar-refractivity contribution in [2.45, 2.75) is 39.2 Å². The molecule has 0 aromatic heterocycles. The fourth-order valence-corrected chi connectivity index (χ4v) is 2.74. The Bertz CT molecular complexity index is 367.